The number of rotatable bonds is 3. The Bertz CT molecular complexity index is 298. The summed E-state index contributed by atoms with van der Waals surface area (Å²) in [7, 11) is 1.77. The second-order valence-electron chi connectivity index (χ2n) is 2.71. The van der Waals surface area contributed by atoms with Gasteiger partial charge in [-0.2, -0.15) is 0 Å². The monoisotopic (exact) mass is 202 g/mol. The fourth-order valence-electron chi connectivity index (χ4n) is 1.04. The van der Waals surface area contributed by atoms with Gasteiger partial charge in [0.25, 0.3) is 0 Å². The number of halogens is 1. The highest BCUT2D eigenvalue weighted by molar-refractivity contribution is 6.27. The van der Waals surface area contributed by atoms with E-state index in [0.717, 1.165) is 5.69 Å². The summed E-state index contributed by atoms with van der Waals surface area (Å²) < 4.78 is 1.61. The number of alkyl halides is 1. The van der Waals surface area contributed by atoms with Gasteiger partial charge < -0.3 is 5.32 Å². The van der Waals surface area contributed by atoms with Crippen molar-refractivity contribution in [1.29, 1.82) is 0 Å². The molecule has 1 heterocycles. The van der Waals surface area contributed by atoms with Crippen molar-refractivity contribution in [3.63, 3.8) is 0 Å². The largest absolute Gasteiger partial charge is 0.347 e. The molecule has 1 aromatic heterocycles. The molecule has 0 radical (unpaired) electrons. The van der Waals surface area contributed by atoms with Crippen LogP contribution in [0.25, 0.3) is 0 Å². The summed E-state index contributed by atoms with van der Waals surface area (Å²) in [6.07, 6.45) is 1.61. The van der Waals surface area contributed by atoms with E-state index in [1.807, 2.05) is 6.92 Å². The lowest BCUT2D eigenvalue weighted by Gasteiger charge is -2.11. The minimum absolute atomic E-state index is 0.0321. The van der Waals surface area contributed by atoms with E-state index < -0.39 is 0 Å². The van der Waals surface area contributed by atoms with Gasteiger partial charge in [-0.25, -0.2) is 0 Å². The van der Waals surface area contributed by atoms with Crippen LogP contribution >= 0.6 is 11.6 Å². The Morgan fingerprint density at radius 3 is 3.00 bits per heavy atom. The molecule has 0 aliphatic rings. The highest BCUT2D eigenvalue weighted by Gasteiger charge is 2.11. The molecule has 1 N–H and O–H groups in total. The Balaban J connectivity index is 2.63. The van der Waals surface area contributed by atoms with Crippen molar-refractivity contribution in [2.45, 2.75) is 13.0 Å². The summed E-state index contributed by atoms with van der Waals surface area (Å²) in [6.45, 7) is 1.85. The third-order valence-electron chi connectivity index (χ3n) is 1.69. The van der Waals surface area contributed by atoms with E-state index in [-0.39, 0.29) is 17.8 Å². The van der Waals surface area contributed by atoms with Crippen LogP contribution in [-0.4, -0.2) is 26.8 Å². The number of nitrogens with zero attached hydrogens (tertiary/aromatic N) is 3. The van der Waals surface area contributed by atoms with Gasteiger partial charge in [-0.05, 0) is 6.92 Å². The van der Waals surface area contributed by atoms with Crippen LogP contribution in [0.3, 0.4) is 0 Å². The van der Waals surface area contributed by atoms with Crippen LogP contribution in [0.1, 0.15) is 18.7 Å². The summed E-state index contributed by atoms with van der Waals surface area (Å²) in [5.41, 5.74) is 0.846. The predicted molar refractivity (Wildman–Crippen MR) is 48.3 cm³/mol. The van der Waals surface area contributed by atoms with Crippen LogP contribution in [0.5, 0.6) is 0 Å². The predicted octanol–water partition coefficient (Wildman–Crippen LogP) is 0.231. The Kier molecular flexibility index (Phi) is 3.25. The number of aryl methyl sites for hydroxylation is 1. The Morgan fingerprint density at radius 1 is 1.85 bits per heavy atom. The molecule has 0 aromatic carbocycles. The molecule has 1 atom stereocenters. The quantitative estimate of drug-likeness (QED) is 0.714. The molecule has 0 spiro atoms. The zero-order valence-electron chi connectivity index (χ0n) is 7.49. The molecule has 1 aromatic rings. The molecule has 1 rings (SSSR count). The number of aromatic nitrogens is 3. The van der Waals surface area contributed by atoms with Gasteiger partial charge >= 0.3 is 0 Å². The molecular weight excluding hydrogens is 192 g/mol. The van der Waals surface area contributed by atoms with Gasteiger partial charge in [0.05, 0.1) is 17.9 Å². The maximum absolute atomic E-state index is 10.9. The molecule has 72 valence electrons. The summed E-state index contributed by atoms with van der Waals surface area (Å²) in [4.78, 5) is 10.9. The number of hydrogen-bond donors (Lipinski definition) is 1. The summed E-state index contributed by atoms with van der Waals surface area (Å²) in [6, 6.07) is -0.119. The minimum Gasteiger partial charge on any atom is -0.347 e. The van der Waals surface area contributed by atoms with Gasteiger partial charge in [-0.15, -0.1) is 16.7 Å². The average molecular weight is 203 g/mol. The Hall–Kier alpha value is -1.10. The molecule has 0 saturated carbocycles. The molecule has 1 amide bonds. The highest BCUT2D eigenvalue weighted by Crippen LogP contribution is 2.08. The lowest BCUT2D eigenvalue weighted by atomic mass is 10.2. The molecule has 6 heteroatoms. The summed E-state index contributed by atoms with van der Waals surface area (Å²) in [5.74, 6) is -0.231. The van der Waals surface area contributed by atoms with Crippen LogP contribution in [0.15, 0.2) is 6.20 Å². The molecule has 0 aliphatic carbocycles. The first-order chi connectivity index (χ1) is 6.15. The van der Waals surface area contributed by atoms with Crippen molar-refractivity contribution in [1.82, 2.24) is 20.3 Å². The zero-order chi connectivity index (χ0) is 9.84. The van der Waals surface area contributed by atoms with Crippen molar-refractivity contribution in [3.05, 3.63) is 11.9 Å². The van der Waals surface area contributed by atoms with Gasteiger partial charge in [0, 0.05) is 7.05 Å². The average Bonchev–Trinajstić information content (AvgIpc) is 2.51. The third kappa shape index (κ3) is 2.42. The molecule has 0 aliphatic heterocycles. The number of amides is 1. The lowest BCUT2D eigenvalue weighted by Crippen LogP contribution is -2.28. The van der Waals surface area contributed by atoms with E-state index in [2.05, 4.69) is 15.6 Å². The lowest BCUT2D eigenvalue weighted by molar-refractivity contribution is -0.119. The van der Waals surface area contributed by atoms with Crippen molar-refractivity contribution in [2.24, 2.45) is 7.05 Å². The van der Waals surface area contributed by atoms with Gasteiger partial charge in [0.15, 0.2) is 0 Å². The van der Waals surface area contributed by atoms with Crippen LogP contribution in [-0.2, 0) is 11.8 Å². The van der Waals surface area contributed by atoms with Crippen LogP contribution in [0, 0.1) is 0 Å². The summed E-state index contributed by atoms with van der Waals surface area (Å²) in [5, 5.41) is 10.2. The second kappa shape index (κ2) is 4.23. The molecule has 0 bridgehead atoms. The van der Waals surface area contributed by atoms with Gasteiger partial charge in [-0.1, -0.05) is 5.21 Å². The van der Waals surface area contributed by atoms with Gasteiger partial charge in [0.1, 0.15) is 5.88 Å². The number of hydrogen-bond acceptors (Lipinski definition) is 3. The number of nitrogens with one attached hydrogen (secondary N) is 1. The van der Waals surface area contributed by atoms with Crippen LogP contribution < -0.4 is 5.32 Å². The Labute approximate surface area is 81.1 Å². The molecular formula is C7H11ClN4O. The second-order valence-corrected chi connectivity index (χ2v) is 2.97. The van der Waals surface area contributed by atoms with E-state index >= 15 is 0 Å². The zero-order valence-corrected chi connectivity index (χ0v) is 8.25. The van der Waals surface area contributed by atoms with Gasteiger partial charge in [0.2, 0.25) is 5.91 Å². The van der Waals surface area contributed by atoms with E-state index in [1.54, 1.807) is 17.9 Å². The van der Waals surface area contributed by atoms with E-state index in [4.69, 9.17) is 11.6 Å². The van der Waals surface area contributed by atoms with Crippen molar-refractivity contribution >= 4 is 17.5 Å². The molecule has 0 saturated heterocycles. The van der Waals surface area contributed by atoms with Crippen molar-refractivity contribution in [2.75, 3.05) is 5.88 Å². The summed E-state index contributed by atoms with van der Waals surface area (Å²) >= 11 is 5.35. The van der Waals surface area contributed by atoms with Gasteiger partial charge in [-0.3, -0.25) is 9.48 Å². The fraction of sp³-hybridized carbons (Fsp3) is 0.571. The first-order valence-corrected chi connectivity index (χ1v) is 4.38. The van der Waals surface area contributed by atoms with Crippen LogP contribution in [0.2, 0.25) is 0 Å². The van der Waals surface area contributed by atoms with E-state index in [0.29, 0.717) is 0 Å². The molecule has 5 nitrogen and oxygen atoms in total. The maximum atomic E-state index is 10.9. The first kappa shape index (κ1) is 9.98. The molecule has 13 heavy (non-hydrogen) atoms. The first-order valence-electron chi connectivity index (χ1n) is 3.85. The standard InChI is InChI=1S/C7H11ClN4O/c1-5(10-7(13)3-8)6-4-9-11-12(6)2/h4-5H,3H2,1-2H3,(H,10,13)/t5-/m1/s1. The topological polar surface area (TPSA) is 59.8 Å². The number of carbonyl (C=O) groups excluding carboxylic acids is 1. The van der Waals surface area contributed by atoms with Crippen molar-refractivity contribution in [3.8, 4) is 0 Å². The number of carbonyl (C=O) groups is 1. The van der Waals surface area contributed by atoms with Crippen LogP contribution in [0.4, 0.5) is 0 Å². The SMILES string of the molecule is C[C@@H](NC(=O)CCl)c1cnnn1C. The molecule has 0 unspecified atom stereocenters. The highest BCUT2D eigenvalue weighted by atomic mass is 35.5. The minimum atomic E-state index is -0.199. The van der Waals surface area contributed by atoms with Crippen molar-refractivity contribution < 1.29 is 4.79 Å². The third-order valence-corrected chi connectivity index (χ3v) is 1.93. The Morgan fingerprint density at radius 2 is 2.54 bits per heavy atom. The maximum Gasteiger partial charge on any atom is 0.235 e. The smallest absolute Gasteiger partial charge is 0.235 e. The van der Waals surface area contributed by atoms with E-state index in [1.165, 1.54) is 0 Å². The fourth-order valence-corrected chi connectivity index (χ4v) is 1.12. The molecule has 0 fully saturated rings. The normalized spacial score (nSPS) is 12.5. The van der Waals surface area contributed by atoms with E-state index in [9.17, 15) is 4.79 Å².